The molecule has 0 aromatic heterocycles. The van der Waals surface area contributed by atoms with Gasteiger partial charge in [0.2, 0.25) is 0 Å². The van der Waals surface area contributed by atoms with Gasteiger partial charge in [0.25, 0.3) is 5.91 Å². The van der Waals surface area contributed by atoms with Gasteiger partial charge < -0.3 is 0 Å². The molecule has 0 saturated carbocycles. The van der Waals surface area contributed by atoms with Crippen molar-refractivity contribution in [1.29, 1.82) is 0 Å². The van der Waals surface area contributed by atoms with Gasteiger partial charge in [0, 0.05) is 21.3 Å². The molecule has 0 spiro atoms. The summed E-state index contributed by atoms with van der Waals surface area (Å²) in [7, 11) is 0. The van der Waals surface area contributed by atoms with Gasteiger partial charge in [-0.25, -0.2) is 0 Å². The van der Waals surface area contributed by atoms with Crippen molar-refractivity contribution in [1.82, 2.24) is 0 Å². The molecule has 1 aliphatic rings. The van der Waals surface area contributed by atoms with Crippen LogP contribution < -0.4 is 4.90 Å². The highest BCUT2D eigenvalue weighted by atomic mass is 79.9. The van der Waals surface area contributed by atoms with E-state index in [1.807, 2.05) is 84.9 Å². The summed E-state index contributed by atoms with van der Waals surface area (Å²) >= 11 is 3.73. The Morgan fingerprint density at radius 1 is 0.708 bits per heavy atom. The zero-order chi connectivity index (χ0) is 16.5. The molecule has 1 amide bonds. The number of hydrogen-bond donors (Lipinski definition) is 0. The first kappa shape index (κ1) is 14.9. The molecule has 0 atom stereocenters. The highest BCUT2D eigenvalue weighted by Crippen LogP contribution is 2.42. The second-order valence-electron chi connectivity index (χ2n) is 5.55. The third kappa shape index (κ3) is 2.38. The molecule has 3 heteroatoms. The molecule has 4 rings (SSSR count). The Bertz CT molecular complexity index is 932. The second kappa shape index (κ2) is 6.10. The van der Waals surface area contributed by atoms with Gasteiger partial charge in [0.1, 0.15) is 0 Å². The molecule has 0 saturated heterocycles. The van der Waals surface area contributed by atoms with Crippen LogP contribution in [-0.2, 0) is 0 Å². The van der Waals surface area contributed by atoms with Gasteiger partial charge in [0.15, 0.2) is 0 Å². The molecule has 0 N–H and O–H groups in total. The summed E-state index contributed by atoms with van der Waals surface area (Å²) in [5.41, 5.74) is 4.46. The lowest BCUT2D eigenvalue weighted by atomic mass is 10.1. The van der Waals surface area contributed by atoms with E-state index in [9.17, 15) is 4.79 Å². The molecule has 2 nitrogen and oxygen atoms in total. The van der Waals surface area contributed by atoms with Crippen molar-refractivity contribution in [3.8, 4) is 0 Å². The lowest BCUT2D eigenvalue weighted by Gasteiger charge is -2.20. The zero-order valence-corrected chi connectivity index (χ0v) is 14.4. The number of hydrogen-bond acceptors (Lipinski definition) is 1. The summed E-state index contributed by atoms with van der Waals surface area (Å²) in [6.45, 7) is 0. The van der Waals surface area contributed by atoms with E-state index in [0.717, 1.165) is 32.6 Å². The SMILES string of the molecule is O=C1c2ccccc2C(=C(Br)c2ccccc2)N1c1ccccc1. The number of carbonyl (C=O) groups excluding carboxylic acids is 1. The molecule has 0 radical (unpaired) electrons. The Balaban J connectivity index is 1.99. The minimum absolute atomic E-state index is 0.000295. The predicted octanol–water partition coefficient (Wildman–Crippen LogP) is 5.57. The molecule has 3 aromatic carbocycles. The molecule has 0 unspecified atom stereocenters. The Morgan fingerprint density at radius 3 is 1.92 bits per heavy atom. The van der Waals surface area contributed by atoms with Crippen LogP contribution in [0.1, 0.15) is 21.5 Å². The van der Waals surface area contributed by atoms with Crippen LogP contribution in [0.25, 0.3) is 10.2 Å². The fraction of sp³-hybridized carbons (Fsp3) is 0. The molecule has 24 heavy (non-hydrogen) atoms. The van der Waals surface area contributed by atoms with Crippen LogP contribution in [0.15, 0.2) is 84.9 Å². The van der Waals surface area contributed by atoms with Crippen LogP contribution >= 0.6 is 15.9 Å². The van der Waals surface area contributed by atoms with Gasteiger partial charge in [-0.2, -0.15) is 0 Å². The third-order valence-corrected chi connectivity index (χ3v) is 4.92. The Morgan fingerprint density at radius 2 is 1.25 bits per heavy atom. The summed E-state index contributed by atoms with van der Waals surface area (Å²) in [5, 5.41) is 0. The van der Waals surface area contributed by atoms with Crippen LogP contribution in [0.3, 0.4) is 0 Å². The minimum atomic E-state index is -0.000295. The number of fused-ring (bicyclic) bond motifs is 1. The Kier molecular flexibility index (Phi) is 3.79. The van der Waals surface area contributed by atoms with Crippen molar-refractivity contribution < 1.29 is 4.79 Å². The van der Waals surface area contributed by atoms with Crippen LogP contribution in [0, 0.1) is 0 Å². The molecule has 0 aliphatic carbocycles. The molecular weight excluding hydrogens is 362 g/mol. The van der Waals surface area contributed by atoms with E-state index in [4.69, 9.17) is 0 Å². The van der Waals surface area contributed by atoms with Crippen molar-refractivity contribution in [2.75, 3.05) is 4.90 Å². The molecule has 3 aromatic rings. The average molecular weight is 376 g/mol. The standard InChI is InChI=1S/C21H14BrNO/c22-19(15-9-3-1-4-10-15)20-17-13-7-8-14-18(17)21(24)23(20)16-11-5-2-6-12-16/h1-14H. The minimum Gasteiger partial charge on any atom is -0.275 e. The normalized spacial score (nSPS) is 15.4. The van der Waals surface area contributed by atoms with Gasteiger partial charge in [0.05, 0.1) is 5.70 Å². The quantitative estimate of drug-likeness (QED) is 0.573. The van der Waals surface area contributed by atoms with E-state index in [2.05, 4.69) is 15.9 Å². The van der Waals surface area contributed by atoms with Crippen molar-refractivity contribution in [3.63, 3.8) is 0 Å². The summed E-state index contributed by atoms with van der Waals surface area (Å²) < 4.78 is 0.908. The Hall–Kier alpha value is -2.65. The number of carbonyl (C=O) groups is 1. The summed E-state index contributed by atoms with van der Waals surface area (Å²) in [5.74, 6) is -0.000295. The molecule has 0 bridgehead atoms. The fourth-order valence-electron chi connectivity index (χ4n) is 2.98. The highest BCUT2D eigenvalue weighted by Gasteiger charge is 2.35. The van der Waals surface area contributed by atoms with E-state index in [1.165, 1.54) is 0 Å². The van der Waals surface area contributed by atoms with Crippen LogP contribution in [-0.4, -0.2) is 5.91 Å². The van der Waals surface area contributed by atoms with Crippen molar-refractivity contribution in [3.05, 3.63) is 102 Å². The monoisotopic (exact) mass is 375 g/mol. The topological polar surface area (TPSA) is 20.3 Å². The Labute approximate surface area is 149 Å². The second-order valence-corrected chi connectivity index (χ2v) is 6.34. The highest BCUT2D eigenvalue weighted by molar-refractivity contribution is 9.15. The first-order valence-corrected chi connectivity index (χ1v) is 8.51. The van der Waals surface area contributed by atoms with Crippen LogP contribution in [0.2, 0.25) is 0 Å². The number of benzene rings is 3. The van der Waals surface area contributed by atoms with E-state index >= 15 is 0 Å². The number of nitrogens with zero attached hydrogens (tertiary/aromatic N) is 1. The first-order chi connectivity index (χ1) is 11.8. The molecular formula is C21H14BrNO. The molecule has 1 aliphatic heterocycles. The lowest BCUT2D eigenvalue weighted by molar-refractivity contribution is 0.101. The van der Waals surface area contributed by atoms with Gasteiger partial charge in [-0.05, 0) is 39.7 Å². The van der Waals surface area contributed by atoms with Gasteiger partial charge in [-0.1, -0.05) is 66.7 Å². The molecule has 116 valence electrons. The van der Waals surface area contributed by atoms with Crippen molar-refractivity contribution in [2.45, 2.75) is 0 Å². The number of anilines is 1. The van der Waals surface area contributed by atoms with Gasteiger partial charge >= 0.3 is 0 Å². The first-order valence-electron chi connectivity index (χ1n) is 7.71. The number of halogens is 1. The van der Waals surface area contributed by atoms with Crippen LogP contribution in [0.4, 0.5) is 5.69 Å². The molecule has 1 heterocycles. The smallest absolute Gasteiger partial charge is 0.263 e. The number of para-hydroxylation sites is 1. The van der Waals surface area contributed by atoms with Gasteiger partial charge in [-0.15, -0.1) is 0 Å². The average Bonchev–Trinajstić information content (AvgIpc) is 2.95. The third-order valence-electron chi connectivity index (χ3n) is 4.09. The lowest BCUT2D eigenvalue weighted by Crippen LogP contribution is -2.22. The van der Waals surface area contributed by atoms with Gasteiger partial charge in [-0.3, -0.25) is 9.69 Å². The van der Waals surface area contributed by atoms with Crippen molar-refractivity contribution in [2.24, 2.45) is 0 Å². The fourth-order valence-corrected chi connectivity index (χ4v) is 3.63. The predicted molar refractivity (Wildman–Crippen MR) is 102 cm³/mol. The number of rotatable bonds is 2. The van der Waals surface area contributed by atoms with E-state index < -0.39 is 0 Å². The maximum atomic E-state index is 13.0. The molecule has 0 fully saturated rings. The van der Waals surface area contributed by atoms with Crippen molar-refractivity contribution >= 4 is 37.7 Å². The maximum Gasteiger partial charge on any atom is 0.263 e. The van der Waals surface area contributed by atoms with E-state index in [1.54, 1.807) is 4.90 Å². The summed E-state index contributed by atoms with van der Waals surface area (Å²) in [4.78, 5) is 14.8. The summed E-state index contributed by atoms with van der Waals surface area (Å²) in [6.07, 6.45) is 0. The largest absolute Gasteiger partial charge is 0.275 e. The van der Waals surface area contributed by atoms with E-state index in [-0.39, 0.29) is 5.91 Å². The van der Waals surface area contributed by atoms with E-state index in [0.29, 0.717) is 0 Å². The summed E-state index contributed by atoms with van der Waals surface area (Å²) in [6, 6.07) is 27.5. The zero-order valence-electron chi connectivity index (χ0n) is 12.8. The maximum absolute atomic E-state index is 13.0. The number of amides is 1. The van der Waals surface area contributed by atoms with Crippen LogP contribution in [0.5, 0.6) is 0 Å².